The summed E-state index contributed by atoms with van der Waals surface area (Å²) >= 11 is 3.31. The molecule has 9 nitrogen and oxygen atoms in total. The number of aryl methyl sites for hydroxylation is 1. The smallest absolute Gasteiger partial charge is 0.264 e. The Bertz CT molecular complexity index is 1360. The number of nitrogens with one attached hydrogen (secondary N) is 1. The summed E-state index contributed by atoms with van der Waals surface area (Å²) in [6.45, 7) is 3.54. The standard InChI is InChI=1S/C25H26BrN3O6S/c1-4-35-24-13-18(7-11-22(24)30)15-27-28-25(31)16-29(19-8-5-17(2)6-9-19)36(32,33)20-10-12-23(34-3)21(26)14-20/h5-15,30H,4,16H2,1-3H3,(H,28,31)/b27-15-. The zero-order valence-corrected chi connectivity index (χ0v) is 22.3. The number of aromatic hydroxyl groups is 1. The molecule has 0 spiro atoms. The van der Waals surface area contributed by atoms with Crippen LogP contribution in [-0.4, -0.2) is 45.9 Å². The molecule has 0 atom stereocenters. The topological polar surface area (TPSA) is 118 Å². The van der Waals surface area contributed by atoms with Gasteiger partial charge in [-0.1, -0.05) is 17.7 Å². The van der Waals surface area contributed by atoms with E-state index in [4.69, 9.17) is 9.47 Å². The average Bonchev–Trinajstić information content (AvgIpc) is 2.85. The van der Waals surface area contributed by atoms with E-state index in [9.17, 15) is 18.3 Å². The van der Waals surface area contributed by atoms with Crippen molar-refractivity contribution >= 4 is 43.8 Å². The number of phenolic OH excluding ortho intramolecular Hbond substituents is 1. The molecule has 3 aromatic rings. The molecule has 0 heterocycles. The van der Waals surface area contributed by atoms with Crippen molar-refractivity contribution in [3.05, 3.63) is 76.3 Å². The fourth-order valence-corrected chi connectivity index (χ4v) is 5.33. The van der Waals surface area contributed by atoms with Gasteiger partial charge in [-0.15, -0.1) is 0 Å². The molecule has 3 rings (SSSR count). The summed E-state index contributed by atoms with van der Waals surface area (Å²) in [6.07, 6.45) is 1.37. The quantitative estimate of drug-likeness (QED) is 0.276. The van der Waals surface area contributed by atoms with E-state index in [0.717, 1.165) is 9.87 Å². The van der Waals surface area contributed by atoms with Gasteiger partial charge in [0.1, 0.15) is 12.3 Å². The van der Waals surface area contributed by atoms with Crippen LogP contribution in [0, 0.1) is 6.92 Å². The third-order valence-electron chi connectivity index (χ3n) is 5.01. The number of carbonyl (C=O) groups is 1. The first-order valence-electron chi connectivity index (χ1n) is 10.9. The monoisotopic (exact) mass is 575 g/mol. The number of carbonyl (C=O) groups excluding carboxylic acids is 1. The van der Waals surface area contributed by atoms with Crippen LogP contribution in [0.5, 0.6) is 17.2 Å². The average molecular weight is 576 g/mol. The number of methoxy groups -OCH3 is 1. The van der Waals surface area contributed by atoms with E-state index in [-0.39, 0.29) is 16.4 Å². The van der Waals surface area contributed by atoms with Gasteiger partial charge in [0.2, 0.25) is 0 Å². The number of nitrogens with zero attached hydrogens (tertiary/aromatic N) is 2. The van der Waals surface area contributed by atoms with Gasteiger partial charge in [0, 0.05) is 0 Å². The van der Waals surface area contributed by atoms with Gasteiger partial charge in [-0.2, -0.15) is 5.10 Å². The van der Waals surface area contributed by atoms with Crippen LogP contribution in [0.1, 0.15) is 18.1 Å². The molecular formula is C25H26BrN3O6S. The van der Waals surface area contributed by atoms with Crippen molar-refractivity contribution in [3.63, 3.8) is 0 Å². The number of amides is 1. The lowest BCUT2D eigenvalue weighted by atomic mass is 10.2. The largest absolute Gasteiger partial charge is 0.504 e. The summed E-state index contributed by atoms with van der Waals surface area (Å²) < 4.78 is 39.1. The van der Waals surface area contributed by atoms with Gasteiger partial charge in [-0.25, -0.2) is 13.8 Å². The highest BCUT2D eigenvalue weighted by Crippen LogP contribution is 2.31. The molecule has 0 radical (unpaired) electrons. The SMILES string of the molecule is CCOc1cc(/C=N\NC(=O)CN(c2ccc(C)cc2)S(=O)(=O)c2ccc(OC)c(Br)c2)ccc1O. The van der Waals surface area contributed by atoms with Crippen LogP contribution < -0.4 is 19.2 Å². The molecule has 0 aliphatic rings. The molecule has 0 unspecified atom stereocenters. The molecule has 1 amide bonds. The van der Waals surface area contributed by atoms with E-state index >= 15 is 0 Å². The first kappa shape index (κ1) is 27.0. The fourth-order valence-electron chi connectivity index (χ4n) is 3.19. The highest BCUT2D eigenvalue weighted by molar-refractivity contribution is 9.10. The molecule has 0 aliphatic heterocycles. The van der Waals surface area contributed by atoms with Gasteiger partial charge in [0.25, 0.3) is 15.9 Å². The summed E-state index contributed by atoms with van der Waals surface area (Å²) in [4.78, 5) is 12.7. The van der Waals surface area contributed by atoms with Crippen molar-refractivity contribution in [2.24, 2.45) is 5.10 Å². The Morgan fingerprint density at radius 2 is 1.83 bits per heavy atom. The Hall–Kier alpha value is -3.57. The fraction of sp³-hybridized carbons (Fsp3) is 0.200. The summed E-state index contributed by atoms with van der Waals surface area (Å²) in [5, 5.41) is 13.7. The highest BCUT2D eigenvalue weighted by Gasteiger charge is 2.28. The summed E-state index contributed by atoms with van der Waals surface area (Å²) in [7, 11) is -2.63. The molecule has 0 fully saturated rings. The Kier molecular flexibility index (Phi) is 8.94. The highest BCUT2D eigenvalue weighted by atomic mass is 79.9. The molecule has 190 valence electrons. The first-order valence-corrected chi connectivity index (χ1v) is 13.1. The second kappa shape index (κ2) is 11.9. The van der Waals surface area contributed by atoms with Gasteiger partial charge in [-0.05, 0) is 83.9 Å². The van der Waals surface area contributed by atoms with E-state index in [2.05, 4.69) is 26.5 Å². The van der Waals surface area contributed by atoms with Crippen molar-refractivity contribution in [2.45, 2.75) is 18.7 Å². The summed E-state index contributed by atoms with van der Waals surface area (Å²) in [5.41, 5.74) is 4.19. The maximum atomic E-state index is 13.5. The van der Waals surface area contributed by atoms with Crippen LogP contribution in [0.25, 0.3) is 0 Å². The van der Waals surface area contributed by atoms with Crippen molar-refractivity contribution in [2.75, 3.05) is 24.6 Å². The lowest BCUT2D eigenvalue weighted by Crippen LogP contribution is -2.39. The van der Waals surface area contributed by atoms with Crippen LogP contribution in [-0.2, 0) is 14.8 Å². The van der Waals surface area contributed by atoms with Crippen molar-refractivity contribution in [1.82, 2.24) is 5.43 Å². The van der Waals surface area contributed by atoms with E-state index in [1.165, 1.54) is 37.6 Å². The number of benzene rings is 3. The van der Waals surface area contributed by atoms with Gasteiger partial charge in [0.15, 0.2) is 11.5 Å². The number of rotatable bonds is 10. The number of sulfonamides is 1. The minimum atomic E-state index is -4.11. The lowest BCUT2D eigenvalue weighted by Gasteiger charge is -2.24. The van der Waals surface area contributed by atoms with Gasteiger partial charge < -0.3 is 14.6 Å². The molecule has 36 heavy (non-hydrogen) atoms. The Labute approximate surface area is 218 Å². The Morgan fingerprint density at radius 3 is 2.47 bits per heavy atom. The second-order valence-corrected chi connectivity index (χ2v) is 10.3. The number of halogens is 1. The number of anilines is 1. The first-order chi connectivity index (χ1) is 17.1. The molecule has 0 aliphatic carbocycles. The Morgan fingerprint density at radius 1 is 1.11 bits per heavy atom. The lowest BCUT2D eigenvalue weighted by molar-refractivity contribution is -0.119. The minimum Gasteiger partial charge on any atom is -0.504 e. The number of ether oxygens (including phenoxy) is 2. The van der Waals surface area contributed by atoms with E-state index in [0.29, 0.717) is 28.1 Å². The number of hydrogen-bond donors (Lipinski definition) is 2. The molecule has 3 aromatic carbocycles. The Balaban J connectivity index is 1.84. The molecule has 11 heteroatoms. The predicted molar refractivity (Wildman–Crippen MR) is 141 cm³/mol. The van der Waals surface area contributed by atoms with Crippen LogP contribution in [0.15, 0.2) is 75.1 Å². The van der Waals surface area contributed by atoms with Gasteiger partial charge in [0.05, 0.1) is 35.0 Å². The van der Waals surface area contributed by atoms with E-state index in [1.54, 1.807) is 43.3 Å². The van der Waals surface area contributed by atoms with E-state index < -0.39 is 22.5 Å². The predicted octanol–water partition coefficient (Wildman–Crippen LogP) is 4.22. The van der Waals surface area contributed by atoms with Crippen molar-refractivity contribution in [3.8, 4) is 17.2 Å². The molecule has 2 N–H and O–H groups in total. The zero-order chi connectivity index (χ0) is 26.3. The minimum absolute atomic E-state index is 0.0119. The van der Waals surface area contributed by atoms with Crippen molar-refractivity contribution in [1.29, 1.82) is 0 Å². The van der Waals surface area contributed by atoms with E-state index in [1.807, 2.05) is 6.92 Å². The van der Waals surface area contributed by atoms with Crippen LogP contribution in [0.2, 0.25) is 0 Å². The van der Waals surface area contributed by atoms with Crippen LogP contribution >= 0.6 is 15.9 Å². The molecule has 0 aromatic heterocycles. The third-order valence-corrected chi connectivity index (χ3v) is 7.40. The van der Waals surface area contributed by atoms with Crippen molar-refractivity contribution < 1.29 is 27.8 Å². The number of hydrazone groups is 1. The second-order valence-electron chi connectivity index (χ2n) is 7.60. The van der Waals surface area contributed by atoms with Gasteiger partial charge in [-0.3, -0.25) is 9.10 Å². The third kappa shape index (κ3) is 6.55. The van der Waals surface area contributed by atoms with Crippen LogP contribution in [0.3, 0.4) is 0 Å². The molecule has 0 saturated carbocycles. The summed E-state index contributed by atoms with van der Waals surface area (Å²) in [6, 6.07) is 15.8. The van der Waals surface area contributed by atoms with Crippen LogP contribution in [0.4, 0.5) is 5.69 Å². The summed E-state index contributed by atoms with van der Waals surface area (Å²) in [5.74, 6) is 0.105. The van der Waals surface area contributed by atoms with Gasteiger partial charge >= 0.3 is 0 Å². The molecule has 0 bridgehead atoms. The normalized spacial score (nSPS) is 11.3. The molecular weight excluding hydrogens is 550 g/mol. The molecule has 0 saturated heterocycles. The number of hydrogen-bond acceptors (Lipinski definition) is 7. The zero-order valence-electron chi connectivity index (χ0n) is 19.9. The number of phenols is 1. The maximum Gasteiger partial charge on any atom is 0.264 e. The maximum absolute atomic E-state index is 13.5.